The monoisotopic (exact) mass is 414 g/mol. The van der Waals surface area contributed by atoms with Gasteiger partial charge < -0.3 is 28.4 Å². The Morgan fingerprint density at radius 1 is 0.967 bits per heavy atom. The third-order valence-corrected chi connectivity index (χ3v) is 6.18. The fraction of sp³-hybridized carbons (Fsp3) is 0.435. The van der Waals surface area contributed by atoms with Gasteiger partial charge >= 0.3 is 5.97 Å². The highest BCUT2D eigenvalue weighted by Gasteiger charge is 2.50. The van der Waals surface area contributed by atoms with Crippen LogP contribution in [0, 0.1) is 11.3 Å². The summed E-state index contributed by atoms with van der Waals surface area (Å²) in [6, 6.07) is 7.53. The van der Waals surface area contributed by atoms with Crippen LogP contribution in [0.4, 0.5) is 0 Å². The molecule has 2 aliphatic rings. The number of fused-ring (bicyclic) bond motifs is 1. The predicted molar refractivity (Wildman–Crippen MR) is 109 cm³/mol. The van der Waals surface area contributed by atoms with E-state index in [2.05, 4.69) is 0 Å². The molecule has 2 aliphatic heterocycles. The summed E-state index contributed by atoms with van der Waals surface area (Å²) in [6.45, 7) is 6.00. The van der Waals surface area contributed by atoms with E-state index in [0.717, 1.165) is 16.7 Å². The topological polar surface area (TPSA) is 72.5 Å². The molecule has 0 N–H and O–H groups in total. The Labute approximate surface area is 175 Å². The molecule has 0 aromatic heterocycles. The average Bonchev–Trinajstić information content (AvgIpc) is 3.29. The Kier molecular flexibility index (Phi) is 4.92. The van der Waals surface area contributed by atoms with Gasteiger partial charge in [0.25, 0.3) is 0 Å². The Morgan fingerprint density at radius 2 is 1.67 bits per heavy atom. The summed E-state index contributed by atoms with van der Waals surface area (Å²) in [5.41, 5.74) is 1.77. The van der Waals surface area contributed by atoms with E-state index < -0.39 is 11.5 Å². The van der Waals surface area contributed by atoms with E-state index in [0.29, 0.717) is 28.7 Å². The number of rotatable bonds is 5. The van der Waals surface area contributed by atoms with Crippen LogP contribution in [-0.4, -0.2) is 34.1 Å². The summed E-state index contributed by atoms with van der Waals surface area (Å²) in [5, 5.41) is 0. The van der Waals surface area contributed by atoms with Gasteiger partial charge in [-0.05, 0) is 37.6 Å². The lowest BCUT2D eigenvalue weighted by molar-refractivity contribution is -0.147. The normalized spacial score (nSPS) is 21.3. The zero-order valence-electron chi connectivity index (χ0n) is 18.0. The molecule has 2 aromatic rings. The van der Waals surface area contributed by atoms with Gasteiger partial charge in [-0.25, -0.2) is 0 Å². The van der Waals surface area contributed by atoms with Gasteiger partial charge in [-0.15, -0.1) is 0 Å². The van der Waals surface area contributed by atoms with Gasteiger partial charge in [-0.3, -0.25) is 4.79 Å². The first kappa shape index (κ1) is 20.2. The van der Waals surface area contributed by atoms with Crippen LogP contribution < -0.4 is 23.7 Å². The minimum atomic E-state index is -0.614. The van der Waals surface area contributed by atoms with Crippen LogP contribution in [0.2, 0.25) is 0 Å². The highest BCUT2D eigenvalue weighted by atomic mass is 16.7. The van der Waals surface area contributed by atoms with Crippen LogP contribution in [0.5, 0.6) is 28.7 Å². The molecule has 4 rings (SSSR count). The second kappa shape index (κ2) is 7.31. The first-order valence-electron chi connectivity index (χ1n) is 9.77. The molecule has 0 amide bonds. The maximum Gasteiger partial charge on any atom is 0.312 e. The van der Waals surface area contributed by atoms with Crippen LogP contribution in [0.1, 0.15) is 32.4 Å². The van der Waals surface area contributed by atoms with Crippen molar-refractivity contribution in [2.45, 2.75) is 26.9 Å². The molecule has 0 radical (unpaired) electrons. The summed E-state index contributed by atoms with van der Waals surface area (Å²) < 4.78 is 33.8. The predicted octanol–water partition coefficient (Wildman–Crippen LogP) is 4.37. The molecule has 0 bridgehead atoms. The van der Waals surface area contributed by atoms with E-state index in [-0.39, 0.29) is 18.7 Å². The molecular weight excluding hydrogens is 388 g/mol. The first-order chi connectivity index (χ1) is 14.3. The zero-order valence-corrected chi connectivity index (χ0v) is 18.0. The molecule has 0 saturated carbocycles. The quantitative estimate of drug-likeness (QED) is 0.673. The number of carbonyl (C=O) groups excluding carboxylic acids is 1. The lowest BCUT2D eigenvalue weighted by Gasteiger charge is -2.26. The minimum absolute atomic E-state index is 0.0689. The maximum atomic E-state index is 12.6. The number of esters is 1. The molecule has 7 heteroatoms. The van der Waals surface area contributed by atoms with E-state index in [1.807, 2.05) is 45.0 Å². The Morgan fingerprint density at radius 3 is 2.27 bits per heavy atom. The van der Waals surface area contributed by atoms with Crippen LogP contribution >= 0.6 is 0 Å². The fourth-order valence-corrected chi connectivity index (χ4v) is 4.02. The maximum absolute atomic E-state index is 12.6. The molecule has 160 valence electrons. The summed E-state index contributed by atoms with van der Waals surface area (Å²) in [6.07, 6.45) is -0.471. The van der Waals surface area contributed by atoms with Crippen LogP contribution in [0.15, 0.2) is 24.3 Å². The second-order valence-electron chi connectivity index (χ2n) is 8.01. The number of cyclic esters (lactones) is 1. The number of hydrogen-bond acceptors (Lipinski definition) is 7. The molecule has 2 atom stereocenters. The van der Waals surface area contributed by atoms with Gasteiger partial charge in [-0.2, -0.15) is 0 Å². The van der Waals surface area contributed by atoms with Crippen LogP contribution in [0.25, 0.3) is 11.1 Å². The molecular formula is C23H26O7. The molecule has 0 aliphatic carbocycles. The Balaban J connectivity index is 1.98. The van der Waals surface area contributed by atoms with Gasteiger partial charge in [0.1, 0.15) is 6.10 Å². The second-order valence-corrected chi connectivity index (χ2v) is 8.01. The summed E-state index contributed by atoms with van der Waals surface area (Å²) >= 11 is 0. The standard InChI is InChI=1S/C23H26O7/c1-12-19(30-22(24)23(12,2)3)14-10-17(25-4)20(26-5)21(27-6)18(14)13-7-8-15-16(9-13)29-11-28-15/h7-10,12,19H,11H2,1-6H3/t12-,19+/m1/s1. The number of carbonyl (C=O) groups is 1. The van der Waals surface area contributed by atoms with Crippen molar-refractivity contribution < 1.29 is 33.2 Å². The largest absolute Gasteiger partial charge is 0.493 e. The van der Waals surface area contributed by atoms with Crippen molar-refractivity contribution in [1.82, 2.24) is 0 Å². The summed E-state index contributed by atoms with van der Waals surface area (Å²) in [5.74, 6) is 2.49. The van der Waals surface area contributed by atoms with Crippen molar-refractivity contribution in [3.63, 3.8) is 0 Å². The van der Waals surface area contributed by atoms with E-state index in [4.69, 9.17) is 28.4 Å². The SMILES string of the molecule is COc1cc([C@H]2OC(=O)C(C)(C)[C@@H]2C)c(-c2ccc3c(c2)OCO3)c(OC)c1OC. The third-order valence-electron chi connectivity index (χ3n) is 6.18. The van der Waals surface area contributed by atoms with Crippen molar-refractivity contribution in [2.75, 3.05) is 28.1 Å². The highest BCUT2D eigenvalue weighted by Crippen LogP contribution is 2.55. The van der Waals surface area contributed by atoms with Crippen molar-refractivity contribution in [1.29, 1.82) is 0 Å². The van der Waals surface area contributed by atoms with Crippen molar-refractivity contribution in [2.24, 2.45) is 11.3 Å². The van der Waals surface area contributed by atoms with Crippen LogP contribution in [-0.2, 0) is 9.53 Å². The number of methoxy groups -OCH3 is 3. The molecule has 1 fully saturated rings. The summed E-state index contributed by atoms with van der Waals surface area (Å²) in [4.78, 5) is 12.6. The third kappa shape index (κ3) is 2.91. The van der Waals surface area contributed by atoms with Crippen molar-refractivity contribution >= 4 is 5.97 Å². The fourth-order valence-electron chi connectivity index (χ4n) is 4.02. The van der Waals surface area contributed by atoms with Gasteiger partial charge in [0, 0.05) is 17.0 Å². The number of ether oxygens (including phenoxy) is 6. The van der Waals surface area contributed by atoms with Gasteiger partial charge in [0.15, 0.2) is 23.0 Å². The van der Waals surface area contributed by atoms with Crippen molar-refractivity contribution in [3.8, 4) is 39.9 Å². The lowest BCUT2D eigenvalue weighted by Crippen LogP contribution is -2.24. The highest BCUT2D eigenvalue weighted by molar-refractivity contribution is 5.84. The average molecular weight is 414 g/mol. The van der Waals surface area contributed by atoms with E-state index in [1.165, 1.54) is 0 Å². The van der Waals surface area contributed by atoms with Crippen LogP contribution in [0.3, 0.4) is 0 Å². The molecule has 2 heterocycles. The zero-order chi connectivity index (χ0) is 21.6. The lowest BCUT2D eigenvalue weighted by atomic mass is 9.76. The van der Waals surface area contributed by atoms with E-state index >= 15 is 0 Å². The minimum Gasteiger partial charge on any atom is -0.493 e. The molecule has 7 nitrogen and oxygen atoms in total. The van der Waals surface area contributed by atoms with Gasteiger partial charge in [-0.1, -0.05) is 13.0 Å². The first-order valence-corrected chi connectivity index (χ1v) is 9.77. The number of benzene rings is 2. The Hall–Kier alpha value is -3.09. The molecule has 2 aromatic carbocycles. The van der Waals surface area contributed by atoms with E-state index in [9.17, 15) is 4.79 Å². The Bertz CT molecular complexity index is 996. The van der Waals surface area contributed by atoms with Gasteiger partial charge in [0.05, 0.1) is 26.7 Å². The molecule has 0 spiro atoms. The van der Waals surface area contributed by atoms with Crippen molar-refractivity contribution in [3.05, 3.63) is 29.8 Å². The smallest absolute Gasteiger partial charge is 0.312 e. The summed E-state index contributed by atoms with van der Waals surface area (Å²) in [7, 11) is 4.70. The van der Waals surface area contributed by atoms with E-state index in [1.54, 1.807) is 21.3 Å². The molecule has 0 unspecified atom stereocenters. The molecule has 30 heavy (non-hydrogen) atoms. The van der Waals surface area contributed by atoms with Gasteiger partial charge in [0.2, 0.25) is 12.5 Å². The molecule has 1 saturated heterocycles. The number of hydrogen-bond donors (Lipinski definition) is 0.